The van der Waals surface area contributed by atoms with Gasteiger partial charge < -0.3 is 15.4 Å². The third kappa shape index (κ3) is 8.67. The van der Waals surface area contributed by atoms with Crippen LogP contribution in [0.25, 0.3) is 0 Å². The molecule has 0 spiro atoms. The number of hydrogen-bond donors (Lipinski definition) is 2. The summed E-state index contributed by atoms with van der Waals surface area (Å²) < 4.78 is 5.34. The number of imide groups is 1. The quantitative estimate of drug-likeness (QED) is 0.275. The van der Waals surface area contributed by atoms with Crippen LogP contribution in [-0.2, 0) is 35.1 Å². The minimum atomic E-state index is -0.452. The first-order valence-electron chi connectivity index (χ1n) is 10.5. The number of carbonyl (C=O) groups is 5. The molecular formula is C22H29N3O6. The highest BCUT2D eigenvalue weighted by molar-refractivity contribution is 6.03. The molecule has 9 heteroatoms. The molecule has 0 unspecified atom stereocenters. The minimum Gasteiger partial charge on any atom is -0.380 e. The van der Waals surface area contributed by atoms with Crippen LogP contribution >= 0.6 is 0 Å². The molecule has 1 saturated heterocycles. The zero-order valence-electron chi connectivity index (χ0n) is 17.8. The van der Waals surface area contributed by atoms with Crippen molar-refractivity contribution in [3.05, 3.63) is 29.8 Å². The van der Waals surface area contributed by atoms with Gasteiger partial charge in [-0.3, -0.25) is 28.9 Å². The molecule has 0 aromatic heterocycles. The Morgan fingerprint density at radius 1 is 1.06 bits per heavy atom. The van der Waals surface area contributed by atoms with Crippen molar-refractivity contribution in [2.24, 2.45) is 0 Å². The summed E-state index contributed by atoms with van der Waals surface area (Å²) in [5, 5.41) is 5.23. The normalized spacial score (nSPS) is 12.8. The van der Waals surface area contributed by atoms with Crippen LogP contribution in [0, 0.1) is 0 Å². The largest absolute Gasteiger partial charge is 0.380 e. The lowest BCUT2D eigenvalue weighted by molar-refractivity contribution is -0.152. The maximum Gasteiger partial charge on any atom is 0.233 e. The number of Topliss-reactive ketones (excluding diaryl/α,β-unsaturated/α-hetero) is 1. The molecule has 1 aromatic carbocycles. The van der Waals surface area contributed by atoms with Crippen LogP contribution in [0.15, 0.2) is 24.3 Å². The average molecular weight is 431 g/mol. The van der Waals surface area contributed by atoms with E-state index in [2.05, 4.69) is 10.6 Å². The molecule has 4 amide bonds. The molecule has 0 bridgehead atoms. The fourth-order valence-electron chi connectivity index (χ4n) is 2.88. The average Bonchev–Trinajstić information content (AvgIpc) is 2.72. The molecule has 1 aliphatic rings. The van der Waals surface area contributed by atoms with E-state index in [-0.39, 0.29) is 37.0 Å². The summed E-state index contributed by atoms with van der Waals surface area (Å²) in [5.41, 5.74) is 1.25. The monoisotopic (exact) mass is 431 g/mol. The van der Waals surface area contributed by atoms with Crippen LogP contribution in [0.4, 0.5) is 5.69 Å². The van der Waals surface area contributed by atoms with Gasteiger partial charge in [0, 0.05) is 44.6 Å². The third-order valence-corrected chi connectivity index (χ3v) is 4.77. The topological polar surface area (TPSA) is 122 Å². The van der Waals surface area contributed by atoms with E-state index in [1.54, 1.807) is 24.3 Å². The number of β-lactam (4-membered cyclic amide) rings is 1. The Morgan fingerprint density at radius 2 is 1.81 bits per heavy atom. The van der Waals surface area contributed by atoms with Gasteiger partial charge in [-0.15, -0.1) is 0 Å². The predicted molar refractivity (Wildman–Crippen MR) is 113 cm³/mol. The molecule has 9 nitrogen and oxygen atoms in total. The van der Waals surface area contributed by atoms with Gasteiger partial charge in [-0.2, -0.15) is 0 Å². The number of rotatable bonds is 13. The molecule has 0 radical (unpaired) electrons. The number of nitrogens with zero attached hydrogens (tertiary/aromatic N) is 1. The van der Waals surface area contributed by atoms with Crippen molar-refractivity contribution in [2.75, 3.05) is 31.6 Å². The van der Waals surface area contributed by atoms with Crippen molar-refractivity contribution < 1.29 is 28.7 Å². The molecule has 1 aromatic rings. The van der Waals surface area contributed by atoms with E-state index >= 15 is 0 Å². The van der Waals surface area contributed by atoms with Crippen LogP contribution in [0.3, 0.4) is 0 Å². The highest BCUT2D eigenvalue weighted by Gasteiger charge is 2.29. The summed E-state index contributed by atoms with van der Waals surface area (Å²) in [6.45, 7) is 3.36. The van der Waals surface area contributed by atoms with E-state index < -0.39 is 11.8 Å². The number of likely N-dealkylation sites (tertiary alicyclic amines) is 1. The van der Waals surface area contributed by atoms with Crippen molar-refractivity contribution in [2.45, 2.75) is 45.4 Å². The molecule has 31 heavy (non-hydrogen) atoms. The predicted octanol–water partition coefficient (Wildman–Crippen LogP) is 1.21. The van der Waals surface area contributed by atoms with E-state index in [0.717, 1.165) is 5.56 Å². The number of benzene rings is 1. The van der Waals surface area contributed by atoms with E-state index in [4.69, 9.17) is 4.74 Å². The smallest absolute Gasteiger partial charge is 0.233 e. The van der Waals surface area contributed by atoms with Crippen LogP contribution in [0.2, 0.25) is 0 Å². The standard InChI is InChI=1S/C22H29N3O6/c1-2-18(26)4-3-12-31-13-10-23-19(27)15-20(28)24-17-7-5-16(6-8-17)14-22(30)25-11-9-21(25)29/h5-8H,2-4,9-15H2,1H3,(H,23,27)(H,24,28). The Hall–Kier alpha value is -3.07. The van der Waals surface area contributed by atoms with Crippen LogP contribution < -0.4 is 10.6 Å². The summed E-state index contributed by atoms with van der Waals surface area (Å²) in [7, 11) is 0. The Labute approximate surface area is 181 Å². The second-order valence-electron chi connectivity index (χ2n) is 7.25. The summed E-state index contributed by atoms with van der Waals surface area (Å²) in [5.74, 6) is -1.05. The van der Waals surface area contributed by atoms with Crippen molar-refractivity contribution in [1.29, 1.82) is 0 Å². The first kappa shape index (κ1) is 24.2. The van der Waals surface area contributed by atoms with Gasteiger partial charge in [0.25, 0.3) is 0 Å². The van der Waals surface area contributed by atoms with E-state index in [0.29, 0.717) is 51.1 Å². The lowest BCUT2D eigenvalue weighted by Crippen LogP contribution is -2.48. The molecule has 2 N–H and O–H groups in total. The van der Waals surface area contributed by atoms with Gasteiger partial charge in [0.2, 0.25) is 23.6 Å². The minimum absolute atomic E-state index is 0.124. The van der Waals surface area contributed by atoms with Crippen LogP contribution in [0.5, 0.6) is 0 Å². The number of ketones is 1. The molecule has 0 aliphatic carbocycles. The van der Waals surface area contributed by atoms with Gasteiger partial charge >= 0.3 is 0 Å². The van der Waals surface area contributed by atoms with Crippen molar-refractivity contribution >= 4 is 35.1 Å². The van der Waals surface area contributed by atoms with Gasteiger partial charge in [-0.1, -0.05) is 19.1 Å². The van der Waals surface area contributed by atoms with Gasteiger partial charge in [0.15, 0.2) is 0 Å². The van der Waals surface area contributed by atoms with Crippen LogP contribution in [-0.4, -0.2) is 60.6 Å². The first-order valence-corrected chi connectivity index (χ1v) is 10.5. The van der Waals surface area contributed by atoms with Gasteiger partial charge in [0.05, 0.1) is 13.0 Å². The molecule has 1 aliphatic heterocycles. The first-order chi connectivity index (χ1) is 14.9. The molecule has 0 atom stereocenters. The maximum absolute atomic E-state index is 12.0. The molecular weight excluding hydrogens is 402 g/mol. The molecule has 1 fully saturated rings. The Kier molecular flexibility index (Phi) is 9.83. The summed E-state index contributed by atoms with van der Waals surface area (Å²) in [6.07, 6.45) is 1.91. The number of anilines is 1. The lowest BCUT2D eigenvalue weighted by atomic mass is 10.1. The zero-order valence-corrected chi connectivity index (χ0v) is 17.8. The molecule has 168 valence electrons. The number of amides is 4. The van der Waals surface area contributed by atoms with Crippen molar-refractivity contribution in [1.82, 2.24) is 10.2 Å². The second kappa shape index (κ2) is 12.6. The van der Waals surface area contributed by atoms with E-state index in [9.17, 15) is 24.0 Å². The number of ether oxygens (including phenoxy) is 1. The van der Waals surface area contributed by atoms with Crippen LogP contribution in [0.1, 0.15) is 44.6 Å². The number of hydrogen-bond acceptors (Lipinski definition) is 6. The summed E-state index contributed by atoms with van der Waals surface area (Å²) >= 11 is 0. The zero-order chi connectivity index (χ0) is 22.6. The van der Waals surface area contributed by atoms with Crippen molar-refractivity contribution in [3.8, 4) is 0 Å². The highest BCUT2D eigenvalue weighted by Crippen LogP contribution is 2.14. The SMILES string of the molecule is CCC(=O)CCCOCCNC(=O)CC(=O)Nc1ccc(CC(=O)N2CCC2=O)cc1. The molecule has 0 saturated carbocycles. The molecule has 2 rings (SSSR count). The van der Waals surface area contributed by atoms with Gasteiger partial charge in [0.1, 0.15) is 12.2 Å². The van der Waals surface area contributed by atoms with Gasteiger partial charge in [-0.25, -0.2) is 0 Å². The van der Waals surface area contributed by atoms with Crippen molar-refractivity contribution in [3.63, 3.8) is 0 Å². The fourth-order valence-corrected chi connectivity index (χ4v) is 2.88. The van der Waals surface area contributed by atoms with E-state index in [1.165, 1.54) is 4.90 Å². The highest BCUT2D eigenvalue weighted by atomic mass is 16.5. The summed E-state index contributed by atoms with van der Waals surface area (Å²) in [6, 6.07) is 6.69. The maximum atomic E-state index is 12.0. The number of nitrogens with one attached hydrogen (secondary N) is 2. The Morgan fingerprint density at radius 3 is 2.42 bits per heavy atom. The summed E-state index contributed by atoms with van der Waals surface area (Å²) in [4.78, 5) is 59.4. The van der Waals surface area contributed by atoms with Gasteiger partial charge in [-0.05, 0) is 24.1 Å². The van der Waals surface area contributed by atoms with E-state index in [1.807, 2.05) is 6.92 Å². The number of carbonyl (C=O) groups excluding carboxylic acids is 5. The Balaban J connectivity index is 1.59. The second-order valence-corrected chi connectivity index (χ2v) is 7.25. The fraction of sp³-hybridized carbons (Fsp3) is 0.500. The third-order valence-electron chi connectivity index (χ3n) is 4.77. The lowest BCUT2D eigenvalue weighted by Gasteiger charge is -2.28. The molecule has 1 heterocycles. The Bertz CT molecular complexity index is 806.